The fourth-order valence-electron chi connectivity index (χ4n) is 1.58. The highest BCUT2D eigenvalue weighted by molar-refractivity contribution is 9.10. The van der Waals surface area contributed by atoms with E-state index in [0.29, 0.717) is 4.47 Å². The normalized spacial score (nSPS) is 14.5. The molecule has 3 N–H and O–H groups in total. The molecule has 1 unspecified atom stereocenters. The second-order valence-electron chi connectivity index (χ2n) is 4.22. The van der Waals surface area contributed by atoms with Crippen LogP contribution in [0.15, 0.2) is 33.0 Å². The maximum atomic E-state index is 12.5. The van der Waals surface area contributed by atoms with Crippen LogP contribution in [-0.2, 0) is 10.0 Å². The van der Waals surface area contributed by atoms with E-state index in [4.69, 9.17) is 10.9 Å². The number of sulfonamides is 1. The Hall–Kier alpha value is -1.19. The maximum absolute atomic E-state index is 12.5. The Balaban J connectivity index is 3.05. The number of pyridine rings is 1. The summed E-state index contributed by atoms with van der Waals surface area (Å²) in [5.41, 5.74) is 5.48. The van der Waals surface area contributed by atoms with Crippen LogP contribution in [0.3, 0.4) is 0 Å². The summed E-state index contributed by atoms with van der Waals surface area (Å²) in [4.78, 5) is 3.95. The summed E-state index contributed by atoms with van der Waals surface area (Å²) in [6.07, 6.45) is 2.80. The van der Waals surface area contributed by atoms with Gasteiger partial charge < -0.3 is 10.9 Å². The first-order valence-electron chi connectivity index (χ1n) is 5.91. The standard InChI is InChI=1S/C11H17BrN4O3S/c1-3-16(7-8(2)11(13)15-17)20(18,19)10-4-9(12)5-14-6-10/h4-6,8,17H,3,7H2,1-2H3,(H2,13,15). The lowest BCUT2D eigenvalue weighted by molar-refractivity contribution is 0.311. The number of nitrogens with two attached hydrogens (primary N) is 1. The van der Waals surface area contributed by atoms with Crippen LogP contribution in [0, 0.1) is 5.92 Å². The Labute approximate surface area is 126 Å². The van der Waals surface area contributed by atoms with E-state index in [1.165, 1.54) is 22.8 Å². The molecule has 9 heteroatoms. The second-order valence-corrected chi connectivity index (χ2v) is 7.07. The molecule has 0 saturated heterocycles. The number of aromatic nitrogens is 1. The summed E-state index contributed by atoms with van der Waals surface area (Å²) in [5, 5.41) is 11.5. The zero-order valence-electron chi connectivity index (χ0n) is 11.2. The lowest BCUT2D eigenvalue weighted by Crippen LogP contribution is -2.38. The zero-order chi connectivity index (χ0) is 15.3. The van der Waals surface area contributed by atoms with Crippen molar-refractivity contribution in [3.05, 3.63) is 22.9 Å². The van der Waals surface area contributed by atoms with Gasteiger partial charge in [-0.05, 0) is 22.0 Å². The van der Waals surface area contributed by atoms with Crippen molar-refractivity contribution in [2.45, 2.75) is 18.7 Å². The molecule has 0 saturated carbocycles. The third-order valence-electron chi connectivity index (χ3n) is 2.77. The topological polar surface area (TPSA) is 109 Å². The molecule has 0 aliphatic rings. The van der Waals surface area contributed by atoms with Crippen LogP contribution in [-0.4, -0.2) is 41.8 Å². The highest BCUT2D eigenvalue weighted by atomic mass is 79.9. The third-order valence-corrected chi connectivity index (χ3v) is 5.11. The van der Waals surface area contributed by atoms with Gasteiger partial charge in [0.05, 0.1) is 0 Å². The first kappa shape index (κ1) is 16.9. The van der Waals surface area contributed by atoms with Gasteiger partial charge in [-0.3, -0.25) is 4.98 Å². The minimum absolute atomic E-state index is 0.00832. The van der Waals surface area contributed by atoms with Crippen LogP contribution in [0.25, 0.3) is 0 Å². The zero-order valence-corrected chi connectivity index (χ0v) is 13.6. The van der Waals surface area contributed by atoms with Gasteiger partial charge in [0.1, 0.15) is 10.7 Å². The van der Waals surface area contributed by atoms with Gasteiger partial charge in [-0.1, -0.05) is 19.0 Å². The van der Waals surface area contributed by atoms with Crippen molar-refractivity contribution in [1.29, 1.82) is 0 Å². The van der Waals surface area contributed by atoms with Crippen LogP contribution < -0.4 is 5.73 Å². The Bertz CT molecular complexity index is 591. The Kier molecular flexibility index (Phi) is 5.90. The van der Waals surface area contributed by atoms with Crippen molar-refractivity contribution >= 4 is 31.8 Å². The number of rotatable bonds is 6. The van der Waals surface area contributed by atoms with Crippen LogP contribution in [0.1, 0.15) is 13.8 Å². The fourth-order valence-corrected chi connectivity index (χ4v) is 3.62. The van der Waals surface area contributed by atoms with E-state index in [2.05, 4.69) is 26.1 Å². The van der Waals surface area contributed by atoms with Crippen LogP contribution in [0.4, 0.5) is 0 Å². The summed E-state index contributed by atoms with van der Waals surface area (Å²) >= 11 is 3.19. The second kappa shape index (κ2) is 7.00. The SMILES string of the molecule is CCN(CC(C)C(N)=NO)S(=O)(=O)c1cncc(Br)c1. The average Bonchev–Trinajstić information content (AvgIpc) is 2.43. The minimum Gasteiger partial charge on any atom is -0.409 e. The molecule has 1 atom stereocenters. The Morgan fingerprint density at radius 2 is 2.25 bits per heavy atom. The molecule has 1 heterocycles. The first-order valence-corrected chi connectivity index (χ1v) is 8.14. The number of hydrogen-bond donors (Lipinski definition) is 2. The first-order chi connectivity index (χ1) is 9.32. The molecular weight excluding hydrogens is 348 g/mol. The monoisotopic (exact) mass is 364 g/mol. The Morgan fingerprint density at radius 3 is 2.75 bits per heavy atom. The van der Waals surface area contributed by atoms with Crippen molar-refractivity contribution in [1.82, 2.24) is 9.29 Å². The summed E-state index contributed by atoms with van der Waals surface area (Å²) in [6, 6.07) is 1.49. The molecule has 0 radical (unpaired) electrons. The number of hydrogen-bond acceptors (Lipinski definition) is 5. The maximum Gasteiger partial charge on any atom is 0.244 e. The van der Waals surface area contributed by atoms with Crippen molar-refractivity contribution < 1.29 is 13.6 Å². The molecule has 0 fully saturated rings. The lowest BCUT2D eigenvalue weighted by Gasteiger charge is -2.23. The highest BCUT2D eigenvalue weighted by Gasteiger charge is 2.26. The van der Waals surface area contributed by atoms with Crippen LogP contribution in [0.2, 0.25) is 0 Å². The van der Waals surface area contributed by atoms with Crippen molar-refractivity contribution in [3.63, 3.8) is 0 Å². The van der Waals surface area contributed by atoms with Gasteiger partial charge in [-0.25, -0.2) is 8.42 Å². The number of halogens is 1. The van der Waals surface area contributed by atoms with Gasteiger partial charge in [0.25, 0.3) is 0 Å². The van der Waals surface area contributed by atoms with Gasteiger partial charge in [0.15, 0.2) is 0 Å². The number of nitrogens with zero attached hydrogens (tertiary/aromatic N) is 3. The third kappa shape index (κ3) is 3.90. The number of amidine groups is 1. The van der Waals surface area contributed by atoms with Crippen molar-refractivity contribution in [2.24, 2.45) is 16.8 Å². The molecule has 112 valence electrons. The van der Waals surface area contributed by atoms with Gasteiger partial charge in [0.2, 0.25) is 10.0 Å². The predicted octanol–water partition coefficient (Wildman–Crippen LogP) is 1.24. The van der Waals surface area contributed by atoms with E-state index in [9.17, 15) is 8.42 Å². The van der Waals surface area contributed by atoms with Crippen LogP contribution in [0.5, 0.6) is 0 Å². The Morgan fingerprint density at radius 1 is 1.60 bits per heavy atom. The van der Waals surface area contributed by atoms with Gasteiger partial charge in [0, 0.05) is 35.9 Å². The summed E-state index contributed by atoms with van der Waals surface area (Å²) in [7, 11) is -3.66. The molecule has 1 aromatic rings. The molecule has 1 aromatic heterocycles. The summed E-state index contributed by atoms with van der Waals surface area (Å²) < 4.78 is 26.8. The fraction of sp³-hybridized carbons (Fsp3) is 0.455. The van der Waals surface area contributed by atoms with E-state index in [0.717, 1.165) is 0 Å². The molecule has 7 nitrogen and oxygen atoms in total. The molecule has 0 aliphatic carbocycles. The van der Waals surface area contributed by atoms with Gasteiger partial charge >= 0.3 is 0 Å². The molecule has 0 spiro atoms. The molecule has 0 bridgehead atoms. The molecule has 20 heavy (non-hydrogen) atoms. The predicted molar refractivity (Wildman–Crippen MR) is 78.9 cm³/mol. The van der Waals surface area contributed by atoms with Gasteiger partial charge in [-0.15, -0.1) is 0 Å². The van der Waals surface area contributed by atoms with Crippen molar-refractivity contribution in [2.75, 3.05) is 13.1 Å². The smallest absolute Gasteiger partial charge is 0.244 e. The molecule has 0 amide bonds. The van der Waals surface area contributed by atoms with Gasteiger partial charge in [-0.2, -0.15) is 4.31 Å². The molecular formula is C11H17BrN4O3S. The molecule has 0 aliphatic heterocycles. The lowest BCUT2D eigenvalue weighted by atomic mass is 10.1. The van der Waals surface area contributed by atoms with E-state index in [1.54, 1.807) is 13.8 Å². The molecule has 0 aromatic carbocycles. The van der Waals surface area contributed by atoms with E-state index in [1.807, 2.05) is 0 Å². The van der Waals surface area contributed by atoms with Crippen molar-refractivity contribution in [3.8, 4) is 0 Å². The van der Waals surface area contributed by atoms with E-state index >= 15 is 0 Å². The van der Waals surface area contributed by atoms with E-state index in [-0.39, 0.29) is 23.8 Å². The largest absolute Gasteiger partial charge is 0.409 e. The summed E-state index contributed by atoms with van der Waals surface area (Å²) in [6.45, 7) is 3.81. The summed E-state index contributed by atoms with van der Waals surface area (Å²) in [5.74, 6) is -0.402. The number of oxime groups is 1. The van der Waals surface area contributed by atoms with Crippen LogP contribution >= 0.6 is 15.9 Å². The molecule has 1 rings (SSSR count). The minimum atomic E-state index is -3.66. The van der Waals surface area contributed by atoms with E-state index < -0.39 is 15.9 Å². The highest BCUT2D eigenvalue weighted by Crippen LogP contribution is 2.19. The quantitative estimate of drug-likeness (QED) is 0.341. The average molecular weight is 365 g/mol.